The summed E-state index contributed by atoms with van der Waals surface area (Å²) in [6.07, 6.45) is 0. The molecule has 4 rings (SSSR count). The minimum absolute atomic E-state index is 0.159. The summed E-state index contributed by atoms with van der Waals surface area (Å²) < 4.78 is 5.42. The second-order valence-corrected chi connectivity index (χ2v) is 7.74. The summed E-state index contributed by atoms with van der Waals surface area (Å²) in [5, 5.41) is 1.92. The van der Waals surface area contributed by atoms with Crippen LogP contribution in [0.5, 0.6) is 5.75 Å². The number of nitrogens with zero attached hydrogens (tertiary/aromatic N) is 2. The van der Waals surface area contributed by atoms with Gasteiger partial charge in [-0.2, -0.15) is 0 Å². The average Bonchev–Trinajstić information content (AvgIpc) is 3.39. The molecule has 0 bridgehead atoms. The van der Waals surface area contributed by atoms with E-state index < -0.39 is 0 Å². The average molecular weight is 419 g/mol. The molecule has 152 valence electrons. The highest BCUT2D eigenvalue weighted by atomic mass is 32.1. The number of benzene rings is 2. The van der Waals surface area contributed by atoms with Crippen LogP contribution in [0.25, 0.3) is 5.57 Å². The van der Waals surface area contributed by atoms with Crippen molar-refractivity contribution in [3.63, 3.8) is 0 Å². The summed E-state index contributed by atoms with van der Waals surface area (Å²) in [7, 11) is 1.58. The van der Waals surface area contributed by atoms with E-state index in [1.54, 1.807) is 7.11 Å². The summed E-state index contributed by atoms with van der Waals surface area (Å²) >= 11 is 1.46. The fourth-order valence-corrected chi connectivity index (χ4v) is 4.44. The van der Waals surface area contributed by atoms with Gasteiger partial charge < -0.3 is 9.64 Å². The molecule has 5 nitrogen and oxygen atoms in total. The Kier molecular flexibility index (Phi) is 5.68. The molecular formula is C24H22N2O3S. The number of methoxy groups -OCH3 is 1. The van der Waals surface area contributed by atoms with Crippen molar-refractivity contribution in [3.05, 3.63) is 88.2 Å². The molecule has 6 heteroatoms. The van der Waals surface area contributed by atoms with Gasteiger partial charge in [-0.3, -0.25) is 14.5 Å². The number of thiophene rings is 1. The minimum atomic E-state index is -0.292. The topological polar surface area (TPSA) is 49.9 Å². The van der Waals surface area contributed by atoms with E-state index in [1.807, 2.05) is 83.9 Å². The monoisotopic (exact) mass is 418 g/mol. The summed E-state index contributed by atoms with van der Waals surface area (Å²) in [5.41, 5.74) is 2.54. The number of carbonyl (C=O) groups is 2. The number of amides is 2. The molecule has 2 aromatic carbocycles. The van der Waals surface area contributed by atoms with Crippen molar-refractivity contribution in [2.24, 2.45) is 0 Å². The Balaban J connectivity index is 1.79. The minimum Gasteiger partial charge on any atom is -0.496 e. The second kappa shape index (κ2) is 8.55. The van der Waals surface area contributed by atoms with Crippen LogP contribution in [0.4, 0.5) is 5.69 Å². The largest absolute Gasteiger partial charge is 0.496 e. The lowest BCUT2D eigenvalue weighted by molar-refractivity contribution is -0.137. The SMILES string of the molecule is CCN(C1=C(c2cccs2)C(=O)N(Cc2ccccc2OC)C1=O)c1ccccc1. The van der Waals surface area contributed by atoms with E-state index in [-0.39, 0.29) is 18.4 Å². The first-order valence-corrected chi connectivity index (χ1v) is 10.6. The van der Waals surface area contributed by atoms with Gasteiger partial charge in [-0.25, -0.2) is 0 Å². The maximum absolute atomic E-state index is 13.6. The van der Waals surface area contributed by atoms with Gasteiger partial charge in [-0.15, -0.1) is 11.3 Å². The summed E-state index contributed by atoms with van der Waals surface area (Å²) in [6.45, 7) is 2.70. The van der Waals surface area contributed by atoms with Crippen molar-refractivity contribution >= 4 is 34.4 Å². The Morgan fingerprint density at radius 1 is 0.933 bits per heavy atom. The fourth-order valence-electron chi connectivity index (χ4n) is 3.68. The van der Waals surface area contributed by atoms with E-state index in [9.17, 15) is 9.59 Å². The molecule has 1 aromatic heterocycles. The summed E-state index contributed by atoms with van der Waals surface area (Å²) in [5.74, 6) is 0.0809. The number of rotatable bonds is 7. The van der Waals surface area contributed by atoms with Crippen molar-refractivity contribution < 1.29 is 14.3 Å². The number of ether oxygens (including phenoxy) is 1. The molecule has 0 saturated heterocycles. The number of anilines is 1. The Labute approximate surface area is 179 Å². The Hall–Kier alpha value is -3.38. The first kappa shape index (κ1) is 19.9. The van der Waals surface area contributed by atoms with Crippen molar-refractivity contribution in [2.75, 3.05) is 18.6 Å². The highest BCUT2D eigenvalue weighted by Gasteiger charge is 2.42. The molecule has 0 saturated carbocycles. The van der Waals surface area contributed by atoms with Gasteiger partial charge in [0.1, 0.15) is 11.4 Å². The third-order valence-corrected chi connectivity index (χ3v) is 5.97. The van der Waals surface area contributed by atoms with Crippen molar-refractivity contribution in [3.8, 4) is 5.75 Å². The van der Waals surface area contributed by atoms with Gasteiger partial charge in [0.2, 0.25) is 0 Å². The number of likely N-dealkylation sites (N-methyl/N-ethyl adjacent to an activating group) is 1. The van der Waals surface area contributed by atoms with Crippen LogP contribution in [-0.4, -0.2) is 30.4 Å². The van der Waals surface area contributed by atoms with Crippen LogP contribution in [-0.2, 0) is 16.1 Å². The van der Waals surface area contributed by atoms with Crippen LogP contribution >= 0.6 is 11.3 Å². The molecule has 0 spiro atoms. The zero-order chi connectivity index (χ0) is 21.1. The van der Waals surface area contributed by atoms with E-state index in [2.05, 4.69) is 0 Å². The highest BCUT2D eigenvalue weighted by molar-refractivity contribution is 7.11. The van der Waals surface area contributed by atoms with Crippen molar-refractivity contribution in [2.45, 2.75) is 13.5 Å². The lowest BCUT2D eigenvalue weighted by Gasteiger charge is -2.25. The smallest absolute Gasteiger partial charge is 0.278 e. The molecule has 0 atom stereocenters. The van der Waals surface area contributed by atoms with Gasteiger partial charge in [0.05, 0.1) is 19.2 Å². The van der Waals surface area contributed by atoms with Gasteiger partial charge in [0, 0.05) is 22.7 Å². The third-order valence-electron chi connectivity index (χ3n) is 5.09. The van der Waals surface area contributed by atoms with Crippen LogP contribution < -0.4 is 9.64 Å². The van der Waals surface area contributed by atoms with E-state index >= 15 is 0 Å². The molecular weight excluding hydrogens is 396 g/mol. The molecule has 30 heavy (non-hydrogen) atoms. The quantitative estimate of drug-likeness (QED) is 0.528. The maximum atomic E-state index is 13.6. The van der Waals surface area contributed by atoms with E-state index in [4.69, 9.17) is 4.74 Å². The van der Waals surface area contributed by atoms with Crippen LogP contribution in [0.1, 0.15) is 17.4 Å². The Morgan fingerprint density at radius 2 is 1.67 bits per heavy atom. The van der Waals surface area contributed by atoms with Gasteiger partial charge in [0.15, 0.2) is 0 Å². The molecule has 1 aliphatic rings. The normalized spacial score (nSPS) is 13.9. The zero-order valence-corrected chi connectivity index (χ0v) is 17.7. The standard InChI is InChI=1S/C24H22N2O3S/c1-3-25(18-11-5-4-6-12-18)22-21(20-14-9-15-30-20)23(27)26(24(22)28)16-17-10-7-8-13-19(17)29-2/h4-15H,3,16H2,1-2H3. The lowest BCUT2D eigenvalue weighted by atomic mass is 10.1. The Bertz CT molecular complexity index is 1090. The molecule has 0 aliphatic carbocycles. The van der Waals surface area contributed by atoms with Crippen LogP contribution in [0, 0.1) is 0 Å². The maximum Gasteiger partial charge on any atom is 0.278 e. The van der Waals surface area contributed by atoms with E-state index in [0.29, 0.717) is 23.6 Å². The summed E-state index contributed by atoms with van der Waals surface area (Å²) in [6, 6.07) is 20.9. The van der Waals surface area contributed by atoms with Crippen LogP contribution in [0.15, 0.2) is 77.8 Å². The van der Waals surface area contributed by atoms with Gasteiger partial charge in [-0.1, -0.05) is 42.5 Å². The fraction of sp³-hybridized carbons (Fsp3) is 0.167. The van der Waals surface area contributed by atoms with Crippen molar-refractivity contribution in [1.82, 2.24) is 4.90 Å². The predicted molar refractivity (Wildman–Crippen MR) is 119 cm³/mol. The number of carbonyl (C=O) groups excluding carboxylic acids is 2. The molecule has 1 aliphatic heterocycles. The Morgan fingerprint density at radius 3 is 2.33 bits per heavy atom. The molecule has 0 N–H and O–H groups in total. The second-order valence-electron chi connectivity index (χ2n) is 6.79. The van der Waals surface area contributed by atoms with Gasteiger partial charge >= 0.3 is 0 Å². The van der Waals surface area contributed by atoms with Crippen molar-refractivity contribution in [1.29, 1.82) is 0 Å². The highest BCUT2D eigenvalue weighted by Crippen LogP contribution is 2.37. The number of para-hydroxylation sites is 2. The first-order valence-electron chi connectivity index (χ1n) is 9.74. The zero-order valence-electron chi connectivity index (χ0n) is 16.9. The van der Waals surface area contributed by atoms with Crippen LogP contribution in [0.3, 0.4) is 0 Å². The van der Waals surface area contributed by atoms with Gasteiger partial charge in [-0.05, 0) is 36.6 Å². The van der Waals surface area contributed by atoms with Crippen LogP contribution in [0.2, 0.25) is 0 Å². The summed E-state index contributed by atoms with van der Waals surface area (Å²) in [4.78, 5) is 31.1. The number of imide groups is 1. The molecule has 0 unspecified atom stereocenters. The number of hydrogen-bond acceptors (Lipinski definition) is 5. The van der Waals surface area contributed by atoms with Gasteiger partial charge in [0.25, 0.3) is 11.8 Å². The lowest BCUT2D eigenvalue weighted by Crippen LogP contribution is -2.35. The first-order chi connectivity index (χ1) is 14.7. The molecule has 0 fully saturated rings. The number of hydrogen-bond donors (Lipinski definition) is 0. The molecule has 3 aromatic rings. The third kappa shape index (κ3) is 3.50. The molecule has 2 heterocycles. The van der Waals surface area contributed by atoms with E-state index in [0.717, 1.165) is 16.1 Å². The van der Waals surface area contributed by atoms with E-state index in [1.165, 1.54) is 16.2 Å². The predicted octanol–water partition coefficient (Wildman–Crippen LogP) is 4.56. The molecule has 2 amide bonds. The molecule has 0 radical (unpaired) electrons.